The van der Waals surface area contributed by atoms with Gasteiger partial charge in [-0.1, -0.05) is 40.2 Å². The first-order chi connectivity index (χ1) is 9.08. The number of anilines is 1. The van der Waals surface area contributed by atoms with Gasteiger partial charge in [0.1, 0.15) is 0 Å². The number of aryl methyl sites for hydroxylation is 1. The zero-order chi connectivity index (χ0) is 13.8. The van der Waals surface area contributed by atoms with E-state index in [9.17, 15) is 4.79 Å². The summed E-state index contributed by atoms with van der Waals surface area (Å²) in [5.41, 5.74) is 9.07. The van der Waals surface area contributed by atoms with Crippen LogP contribution in [0.25, 0.3) is 0 Å². The number of nitrogens with one attached hydrogen (secondary N) is 1. The predicted octanol–water partition coefficient (Wildman–Crippen LogP) is 3.27. The van der Waals surface area contributed by atoms with Crippen molar-refractivity contribution >= 4 is 27.5 Å². The molecule has 19 heavy (non-hydrogen) atoms. The second kappa shape index (κ2) is 5.89. The lowest BCUT2D eigenvalue weighted by molar-refractivity contribution is 0.0950. The quantitative estimate of drug-likeness (QED) is 0.853. The molecule has 2 aromatic carbocycles. The third-order valence-corrected chi connectivity index (χ3v) is 3.43. The number of rotatable bonds is 3. The summed E-state index contributed by atoms with van der Waals surface area (Å²) < 4.78 is 0.891. The van der Waals surface area contributed by atoms with Crippen LogP contribution in [0.3, 0.4) is 0 Å². The van der Waals surface area contributed by atoms with Crippen molar-refractivity contribution in [1.29, 1.82) is 0 Å². The fraction of sp³-hybridized carbons (Fsp3) is 0.133. The molecular weight excluding hydrogens is 304 g/mol. The molecule has 0 saturated carbocycles. The number of nitrogens with two attached hydrogens (primary N) is 1. The second-order valence-corrected chi connectivity index (χ2v) is 5.26. The van der Waals surface area contributed by atoms with Gasteiger partial charge in [-0.15, -0.1) is 0 Å². The molecule has 0 fully saturated rings. The molecule has 3 nitrogen and oxygen atoms in total. The van der Waals surface area contributed by atoms with E-state index in [2.05, 4.69) is 21.2 Å². The van der Waals surface area contributed by atoms with E-state index in [1.165, 1.54) is 0 Å². The van der Waals surface area contributed by atoms with Crippen molar-refractivity contribution < 1.29 is 4.79 Å². The predicted molar refractivity (Wildman–Crippen MR) is 80.9 cm³/mol. The number of amides is 1. The largest absolute Gasteiger partial charge is 0.398 e. The van der Waals surface area contributed by atoms with E-state index in [0.717, 1.165) is 15.6 Å². The van der Waals surface area contributed by atoms with Crippen LogP contribution in [-0.4, -0.2) is 5.91 Å². The number of carbonyl (C=O) groups is 1. The Morgan fingerprint density at radius 1 is 1.26 bits per heavy atom. The van der Waals surface area contributed by atoms with Gasteiger partial charge in [-0.25, -0.2) is 0 Å². The lowest BCUT2D eigenvalue weighted by Crippen LogP contribution is -2.24. The molecule has 4 heteroatoms. The zero-order valence-corrected chi connectivity index (χ0v) is 12.2. The Kier molecular flexibility index (Phi) is 4.22. The van der Waals surface area contributed by atoms with Crippen LogP contribution in [0.1, 0.15) is 21.5 Å². The Labute approximate surface area is 121 Å². The van der Waals surface area contributed by atoms with Crippen molar-refractivity contribution in [3.8, 4) is 0 Å². The number of carbonyl (C=O) groups excluding carboxylic acids is 1. The number of hydrogen-bond acceptors (Lipinski definition) is 2. The van der Waals surface area contributed by atoms with Crippen molar-refractivity contribution in [3.63, 3.8) is 0 Å². The third-order valence-electron chi connectivity index (χ3n) is 2.94. The second-order valence-electron chi connectivity index (χ2n) is 4.34. The zero-order valence-electron chi connectivity index (χ0n) is 10.6. The normalized spacial score (nSPS) is 10.2. The standard InChI is InChI=1S/C15H15BrN2O/c1-10-6-7-12(16)8-13(10)15(19)18-9-11-4-2-3-5-14(11)17/h2-8H,9,17H2,1H3,(H,18,19). The topological polar surface area (TPSA) is 55.1 Å². The summed E-state index contributed by atoms with van der Waals surface area (Å²) in [6.07, 6.45) is 0. The van der Waals surface area contributed by atoms with Crippen molar-refractivity contribution in [1.82, 2.24) is 5.32 Å². The van der Waals surface area contributed by atoms with Gasteiger partial charge in [0, 0.05) is 22.3 Å². The summed E-state index contributed by atoms with van der Waals surface area (Å²) in [7, 11) is 0. The van der Waals surface area contributed by atoms with Crippen LogP contribution in [-0.2, 0) is 6.54 Å². The van der Waals surface area contributed by atoms with E-state index in [0.29, 0.717) is 17.8 Å². The SMILES string of the molecule is Cc1ccc(Br)cc1C(=O)NCc1ccccc1N. The molecule has 0 aliphatic rings. The number of benzene rings is 2. The maximum Gasteiger partial charge on any atom is 0.251 e. The van der Waals surface area contributed by atoms with Gasteiger partial charge in [-0.05, 0) is 36.2 Å². The van der Waals surface area contributed by atoms with Crippen LogP contribution in [0.4, 0.5) is 5.69 Å². The molecule has 0 atom stereocenters. The van der Waals surface area contributed by atoms with Crippen molar-refractivity contribution in [3.05, 3.63) is 63.6 Å². The van der Waals surface area contributed by atoms with E-state index >= 15 is 0 Å². The van der Waals surface area contributed by atoms with Gasteiger partial charge in [0.05, 0.1) is 0 Å². The Morgan fingerprint density at radius 3 is 2.74 bits per heavy atom. The molecule has 3 N–H and O–H groups in total. The highest BCUT2D eigenvalue weighted by molar-refractivity contribution is 9.10. The summed E-state index contributed by atoms with van der Waals surface area (Å²) in [6, 6.07) is 13.2. The molecule has 0 unspecified atom stereocenters. The summed E-state index contributed by atoms with van der Waals surface area (Å²) >= 11 is 3.37. The first kappa shape index (κ1) is 13.6. The van der Waals surface area contributed by atoms with E-state index in [1.54, 1.807) is 0 Å². The van der Waals surface area contributed by atoms with Crippen LogP contribution in [0, 0.1) is 6.92 Å². The average Bonchev–Trinajstić information content (AvgIpc) is 2.40. The minimum atomic E-state index is -0.0953. The molecule has 0 aliphatic heterocycles. The lowest BCUT2D eigenvalue weighted by atomic mass is 10.1. The fourth-order valence-electron chi connectivity index (χ4n) is 1.80. The maximum absolute atomic E-state index is 12.1. The Bertz CT molecular complexity index is 611. The van der Waals surface area contributed by atoms with Gasteiger partial charge in [-0.3, -0.25) is 4.79 Å². The van der Waals surface area contributed by atoms with Crippen LogP contribution >= 0.6 is 15.9 Å². The number of nitrogen functional groups attached to an aromatic ring is 1. The average molecular weight is 319 g/mol. The Hall–Kier alpha value is -1.81. The molecule has 0 bridgehead atoms. The summed E-state index contributed by atoms with van der Waals surface area (Å²) in [5.74, 6) is -0.0953. The fourth-order valence-corrected chi connectivity index (χ4v) is 2.17. The molecule has 1 amide bonds. The Morgan fingerprint density at radius 2 is 2.00 bits per heavy atom. The number of hydrogen-bond donors (Lipinski definition) is 2. The van der Waals surface area contributed by atoms with Crippen LogP contribution in [0.15, 0.2) is 46.9 Å². The molecule has 2 aromatic rings. The van der Waals surface area contributed by atoms with E-state index in [4.69, 9.17) is 5.73 Å². The highest BCUT2D eigenvalue weighted by atomic mass is 79.9. The molecule has 0 spiro atoms. The first-order valence-corrected chi connectivity index (χ1v) is 6.75. The van der Waals surface area contributed by atoms with Crippen LogP contribution < -0.4 is 11.1 Å². The molecule has 98 valence electrons. The highest BCUT2D eigenvalue weighted by Crippen LogP contribution is 2.16. The minimum Gasteiger partial charge on any atom is -0.398 e. The van der Waals surface area contributed by atoms with Crippen molar-refractivity contribution in [2.24, 2.45) is 0 Å². The van der Waals surface area contributed by atoms with Gasteiger partial charge in [0.25, 0.3) is 5.91 Å². The van der Waals surface area contributed by atoms with Gasteiger partial charge in [0.15, 0.2) is 0 Å². The third kappa shape index (κ3) is 3.35. The first-order valence-electron chi connectivity index (χ1n) is 5.95. The number of halogens is 1. The molecule has 2 rings (SSSR count). The minimum absolute atomic E-state index is 0.0953. The summed E-state index contributed by atoms with van der Waals surface area (Å²) in [4.78, 5) is 12.1. The van der Waals surface area contributed by atoms with Crippen molar-refractivity contribution in [2.75, 3.05) is 5.73 Å². The van der Waals surface area contributed by atoms with Gasteiger partial charge >= 0.3 is 0 Å². The van der Waals surface area contributed by atoms with Crippen molar-refractivity contribution in [2.45, 2.75) is 13.5 Å². The molecular formula is C15H15BrN2O. The lowest BCUT2D eigenvalue weighted by Gasteiger charge is -2.09. The van der Waals surface area contributed by atoms with E-state index in [-0.39, 0.29) is 5.91 Å². The Balaban J connectivity index is 2.10. The van der Waals surface area contributed by atoms with Gasteiger partial charge in [0.2, 0.25) is 0 Å². The number of para-hydroxylation sites is 1. The van der Waals surface area contributed by atoms with Gasteiger partial charge in [-0.2, -0.15) is 0 Å². The van der Waals surface area contributed by atoms with Crippen LogP contribution in [0.5, 0.6) is 0 Å². The smallest absolute Gasteiger partial charge is 0.251 e. The van der Waals surface area contributed by atoms with E-state index in [1.807, 2.05) is 49.4 Å². The highest BCUT2D eigenvalue weighted by Gasteiger charge is 2.09. The monoisotopic (exact) mass is 318 g/mol. The van der Waals surface area contributed by atoms with Crippen LogP contribution in [0.2, 0.25) is 0 Å². The van der Waals surface area contributed by atoms with E-state index < -0.39 is 0 Å². The molecule has 0 heterocycles. The van der Waals surface area contributed by atoms with Gasteiger partial charge < -0.3 is 11.1 Å². The summed E-state index contributed by atoms with van der Waals surface area (Å²) in [5, 5.41) is 2.88. The molecule has 0 aliphatic carbocycles. The summed E-state index contributed by atoms with van der Waals surface area (Å²) in [6.45, 7) is 2.34. The molecule has 0 aromatic heterocycles. The maximum atomic E-state index is 12.1. The molecule has 0 radical (unpaired) electrons. The molecule has 0 saturated heterocycles.